The van der Waals surface area contributed by atoms with Crippen molar-refractivity contribution in [2.24, 2.45) is 0 Å². The van der Waals surface area contributed by atoms with Gasteiger partial charge in [-0.25, -0.2) is 0 Å². The molecule has 2 rings (SSSR count). The first kappa shape index (κ1) is 12.9. The third kappa shape index (κ3) is 3.23. The van der Waals surface area contributed by atoms with Crippen LogP contribution in [-0.4, -0.2) is 11.2 Å². The minimum atomic E-state index is -0.00640. The fourth-order valence-electron chi connectivity index (χ4n) is 1.61. The Kier molecular flexibility index (Phi) is 4.20. The molecule has 0 aliphatic heterocycles. The summed E-state index contributed by atoms with van der Waals surface area (Å²) in [6.45, 7) is 3.04. The number of benzene rings is 1. The first-order chi connectivity index (χ1) is 8.66. The molecule has 1 aromatic carbocycles. The molecule has 0 aliphatic rings. The van der Waals surface area contributed by atoms with Gasteiger partial charge < -0.3 is 9.30 Å². The van der Waals surface area contributed by atoms with Crippen molar-refractivity contribution in [1.29, 1.82) is 0 Å². The molecule has 18 heavy (non-hydrogen) atoms. The SMILES string of the molecule is Cc1cc(OCCn2ccccc2=O)ccc1Br. The quantitative estimate of drug-likeness (QED) is 0.869. The zero-order valence-corrected chi connectivity index (χ0v) is 11.7. The predicted molar refractivity (Wildman–Crippen MR) is 75.1 cm³/mol. The van der Waals surface area contributed by atoms with Gasteiger partial charge in [0.25, 0.3) is 5.56 Å². The maximum absolute atomic E-state index is 11.5. The van der Waals surface area contributed by atoms with E-state index in [2.05, 4.69) is 15.9 Å². The lowest BCUT2D eigenvalue weighted by Crippen LogP contribution is -2.21. The highest BCUT2D eigenvalue weighted by molar-refractivity contribution is 9.10. The van der Waals surface area contributed by atoms with Crippen LogP contribution in [0.4, 0.5) is 0 Å². The second-order valence-electron chi connectivity index (χ2n) is 3.99. The Morgan fingerprint density at radius 2 is 2.11 bits per heavy atom. The monoisotopic (exact) mass is 307 g/mol. The molecule has 0 aliphatic carbocycles. The molecule has 1 heterocycles. The molecular weight excluding hydrogens is 294 g/mol. The molecule has 4 heteroatoms. The first-order valence-corrected chi connectivity index (χ1v) is 6.50. The summed E-state index contributed by atoms with van der Waals surface area (Å²) in [7, 11) is 0. The molecular formula is C14H14BrNO2. The van der Waals surface area contributed by atoms with Gasteiger partial charge in [-0.1, -0.05) is 22.0 Å². The number of halogens is 1. The van der Waals surface area contributed by atoms with E-state index >= 15 is 0 Å². The van der Waals surface area contributed by atoms with Crippen molar-refractivity contribution in [3.63, 3.8) is 0 Å². The van der Waals surface area contributed by atoms with Gasteiger partial charge in [0, 0.05) is 16.7 Å². The molecule has 3 nitrogen and oxygen atoms in total. The highest BCUT2D eigenvalue weighted by Crippen LogP contribution is 2.21. The van der Waals surface area contributed by atoms with Crippen LogP contribution in [0, 0.1) is 6.92 Å². The molecule has 1 aromatic heterocycles. The van der Waals surface area contributed by atoms with Crippen molar-refractivity contribution < 1.29 is 4.74 Å². The fraction of sp³-hybridized carbons (Fsp3) is 0.214. The Bertz CT molecular complexity index is 592. The Morgan fingerprint density at radius 1 is 1.28 bits per heavy atom. The van der Waals surface area contributed by atoms with Gasteiger partial charge in [0.05, 0.1) is 6.54 Å². The zero-order valence-electron chi connectivity index (χ0n) is 10.1. The number of hydrogen-bond donors (Lipinski definition) is 0. The van der Waals surface area contributed by atoms with Gasteiger partial charge in [-0.15, -0.1) is 0 Å². The predicted octanol–water partition coefficient (Wildman–Crippen LogP) is 3.00. The van der Waals surface area contributed by atoms with Crippen LogP contribution >= 0.6 is 15.9 Å². The number of hydrogen-bond acceptors (Lipinski definition) is 2. The lowest BCUT2D eigenvalue weighted by molar-refractivity contribution is 0.296. The summed E-state index contributed by atoms with van der Waals surface area (Å²) in [4.78, 5) is 11.5. The van der Waals surface area contributed by atoms with Crippen molar-refractivity contribution in [2.75, 3.05) is 6.61 Å². The summed E-state index contributed by atoms with van der Waals surface area (Å²) in [5.74, 6) is 0.819. The lowest BCUT2D eigenvalue weighted by atomic mass is 10.2. The summed E-state index contributed by atoms with van der Waals surface area (Å²) in [6, 6.07) is 11.0. The number of ether oxygens (including phenoxy) is 1. The summed E-state index contributed by atoms with van der Waals surface area (Å²) in [5.41, 5.74) is 1.12. The Morgan fingerprint density at radius 3 is 2.83 bits per heavy atom. The highest BCUT2D eigenvalue weighted by Gasteiger charge is 1.99. The van der Waals surface area contributed by atoms with E-state index in [0.29, 0.717) is 13.2 Å². The minimum absolute atomic E-state index is 0.00640. The topological polar surface area (TPSA) is 31.2 Å². The van der Waals surface area contributed by atoms with E-state index in [4.69, 9.17) is 4.74 Å². The van der Waals surface area contributed by atoms with Crippen LogP contribution in [0.25, 0.3) is 0 Å². The smallest absolute Gasteiger partial charge is 0.250 e. The van der Waals surface area contributed by atoms with Crippen molar-refractivity contribution in [1.82, 2.24) is 4.57 Å². The second-order valence-corrected chi connectivity index (χ2v) is 4.85. The fourth-order valence-corrected chi connectivity index (χ4v) is 1.86. The first-order valence-electron chi connectivity index (χ1n) is 5.71. The third-order valence-corrected chi connectivity index (χ3v) is 3.52. The number of aryl methyl sites for hydroxylation is 1. The van der Waals surface area contributed by atoms with Crippen molar-refractivity contribution >= 4 is 15.9 Å². The summed E-state index contributed by atoms with van der Waals surface area (Å²) < 4.78 is 8.31. The van der Waals surface area contributed by atoms with E-state index in [1.807, 2.05) is 31.2 Å². The average Bonchev–Trinajstić information content (AvgIpc) is 2.36. The maximum atomic E-state index is 11.5. The molecule has 0 saturated carbocycles. The molecule has 0 bridgehead atoms. The van der Waals surface area contributed by atoms with Gasteiger partial charge >= 0.3 is 0 Å². The van der Waals surface area contributed by atoms with E-state index in [-0.39, 0.29) is 5.56 Å². The lowest BCUT2D eigenvalue weighted by Gasteiger charge is -2.09. The van der Waals surface area contributed by atoms with E-state index in [1.54, 1.807) is 22.9 Å². The minimum Gasteiger partial charge on any atom is -0.492 e. The molecule has 0 fully saturated rings. The van der Waals surface area contributed by atoms with Crippen LogP contribution < -0.4 is 10.3 Å². The molecule has 0 unspecified atom stereocenters. The zero-order chi connectivity index (χ0) is 13.0. The normalized spacial score (nSPS) is 10.3. The molecule has 94 valence electrons. The molecule has 0 spiro atoms. The largest absolute Gasteiger partial charge is 0.492 e. The molecule has 0 amide bonds. The molecule has 2 aromatic rings. The van der Waals surface area contributed by atoms with Crippen molar-refractivity contribution in [3.05, 3.63) is 63.0 Å². The van der Waals surface area contributed by atoms with Crippen LogP contribution in [0.2, 0.25) is 0 Å². The maximum Gasteiger partial charge on any atom is 0.250 e. The van der Waals surface area contributed by atoms with Gasteiger partial charge in [-0.3, -0.25) is 4.79 Å². The van der Waals surface area contributed by atoms with Crippen molar-refractivity contribution in [2.45, 2.75) is 13.5 Å². The number of aromatic nitrogens is 1. The van der Waals surface area contributed by atoms with E-state index in [0.717, 1.165) is 15.8 Å². The van der Waals surface area contributed by atoms with Gasteiger partial charge in [-0.2, -0.15) is 0 Å². The van der Waals surface area contributed by atoms with Gasteiger partial charge in [-0.05, 0) is 36.8 Å². The summed E-state index contributed by atoms with van der Waals surface area (Å²) >= 11 is 3.44. The van der Waals surface area contributed by atoms with E-state index in [1.165, 1.54) is 0 Å². The molecule has 0 atom stereocenters. The summed E-state index contributed by atoms with van der Waals surface area (Å²) in [5, 5.41) is 0. The third-order valence-electron chi connectivity index (χ3n) is 2.63. The standard InChI is InChI=1S/C14H14BrNO2/c1-11-10-12(5-6-13(11)15)18-9-8-16-7-3-2-4-14(16)17/h2-7,10H,8-9H2,1H3. The van der Waals surface area contributed by atoms with E-state index < -0.39 is 0 Å². The Balaban J connectivity index is 1.95. The van der Waals surface area contributed by atoms with Gasteiger partial charge in [0.2, 0.25) is 0 Å². The van der Waals surface area contributed by atoms with Gasteiger partial charge in [0.15, 0.2) is 0 Å². The van der Waals surface area contributed by atoms with Crippen LogP contribution in [0.1, 0.15) is 5.56 Å². The number of rotatable bonds is 4. The Hall–Kier alpha value is -1.55. The van der Waals surface area contributed by atoms with Gasteiger partial charge in [0.1, 0.15) is 12.4 Å². The molecule has 0 radical (unpaired) electrons. The highest BCUT2D eigenvalue weighted by atomic mass is 79.9. The van der Waals surface area contributed by atoms with E-state index in [9.17, 15) is 4.79 Å². The van der Waals surface area contributed by atoms with Crippen LogP contribution in [0.15, 0.2) is 51.9 Å². The number of nitrogens with zero attached hydrogens (tertiary/aromatic N) is 1. The molecule has 0 N–H and O–H groups in total. The second kappa shape index (κ2) is 5.87. The van der Waals surface area contributed by atoms with Crippen LogP contribution in [-0.2, 0) is 6.54 Å². The molecule has 0 saturated heterocycles. The number of pyridine rings is 1. The van der Waals surface area contributed by atoms with Crippen LogP contribution in [0.5, 0.6) is 5.75 Å². The van der Waals surface area contributed by atoms with Crippen molar-refractivity contribution in [3.8, 4) is 5.75 Å². The summed E-state index contributed by atoms with van der Waals surface area (Å²) in [6.07, 6.45) is 1.76. The Labute approximate surface area is 114 Å². The van der Waals surface area contributed by atoms with Crippen LogP contribution in [0.3, 0.4) is 0 Å². The average molecular weight is 308 g/mol.